The lowest BCUT2D eigenvalue weighted by Crippen LogP contribution is -2.22. The zero-order valence-electron chi connectivity index (χ0n) is 18.4. The number of benzene rings is 1. The molecular formula is C26H37NO3. The molecular weight excluding hydrogens is 374 g/mol. The molecule has 0 spiro atoms. The van der Waals surface area contributed by atoms with Crippen molar-refractivity contribution in [2.24, 2.45) is 17.8 Å². The standard InChI is InChI=1S/C26H37NO3/c1-3-27-26(30)10-5-4-8-20-14-21-17-25(29)23(24(21)16-20)12-11-22(28)15-19-9-6-7-18(2)13-19/h6-7,9,11-14,21-25,28-29H,3-5,8,10,15-17H2,1-2H3,(H,27,30)/b12-11+/t21-,22+,23+,24-,25+/m0/s1. The molecule has 2 aliphatic carbocycles. The van der Waals surface area contributed by atoms with E-state index in [-0.39, 0.29) is 17.9 Å². The lowest BCUT2D eigenvalue weighted by Gasteiger charge is -2.19. The fourth-order valence-corrected chi connectivity index (χ4v) is 5.12. The minimum absolute atomic E-state index is 0.117. The molecule has 164 valence electrons. The summed E-state index contributed by atoms with van der Waals surface area (Å²) in [5.74, 6) is 1.15. The van der Waals surface area contributed by atoms with E-state index < -0.39 is 6.10 Å². The van der Waals surface area contributed by atoms with Crippen molar-refractivity contribution in [1.29, 1.82) is 0 Å². The molecule has 1 fully saturated rings. The summed E-state index contributed by atoms with van der Waals surface area (Å²) in [6, 6.07) is 8.24. The summed E-state index contributed by atoms with van der Waals surface area (Å²) in [6.07, 6.45) is 11.5. The van der Waals surface area contributed by atoms with Crippen LogP contribution in [0.25, 0.3) is 0 Å². The number of amides is 1. The summed E-state index contributed by atoms with van der Waals surface area (Å²) in [7, 11) is 0. The molecule has 3 rings (SSSR count). The minimum atomic E-state index is -0.527. The number of carbonyl (C=O) groups excluding carboxylic acids is 1. The fraction of sp³-hybridized carbons (Fsp3) is 0.577. The molecule has 30 heavy (non-hydrogen) atoms. The first-order valence-corrected chi connectivity index (χ1v) is 11.5. The number of hydrogen-bond donors (Lipinski definition) is 3. The molecule has 1 amide bonds. The van der Waals surface area contributed by atoms with Gasteiger partial charge in [0.05, 0.1) is 12.2 Å². The molecule has 0 aliphatic heterocycles. The maximum absolute atomic E-state index is 11.6. The Balaban J connectivity index is 1.46. The number of aliphatic hydroxyl groups is 2. The van der Waals surface area contributed by atoms with E-state index in [2.05, 4.69) is 36.5 Å². The normalized spacial score (nSPS) is 26.6. The van der Waals surface area contributed by atoms with Crippen LogP contribution in [0.2, 0.25) is 0 Å². The Bertz CT molecular complexity index is 769. The maximum atomic E-state index is 11.6. The van der Waals surface area contributed by atoms with Crippen molar-refractivity contribution in [3.8, 4) is 0 Å². The van der Waals surface area contributed by atoms with Crippen LogP contribution in [-0.4, -0.2) is 34.9 Å². The van der Waals surface area contributed by atoms with Crippen molar-refractivity contribution < 1.29 is 15.0 Å². The summed E-state index contributed by atoms with van der Waals surface area (Å²) < 4.78 is 0. The molecule has 3 N–H and O–H groups in total. The van der Waals surface area contributed by atoms with Crippen molar-refractivity contribution in [3.63, 3.8) is 0 Å². The van der Waals surface area contributed by atoms with Crippen molar-refractivity contribution >= 4 is 5.91 Å². The molecule has 0 radical (unpaired) electrons. The molecule has 0 bridgehead atoms. The van der Waals surface area contributed by atoms with Gasteiger partial charge >= 0.3 is 0 Å². The van der Waals surface area contributed by atoms with E-state index in [4.69, 9.17) is 0 Å². The molecule has 0 heterocycles. The van der Waals surface area contributed by atoms with Gasteiger partial charge in [-0.05, 0) is 63.4 Å². The monoisotopic (exact) mass is 411 g/mol. The number of aryl methyl sites for hydroxylation is 1. The average Bonchev–Trinajstić information content (AvgIpc) is 3.20. The third kappa shape index (κ3) is 6.29. The third-order valence-corrected chi connectivity index (χ3v) is 6.56. The van der Waals surface area contributed by atoms with Gasteiger partial charge in [0.2, 0.25) is 5.91 Å². The predicted octanol–water partition coefficient (Wildman–Crippen LogP) is 4.09. The van der Waals surface area contributed by atoms with E-state index in [9.17, 15) is 15.0 Å². The molecule has 1 saturated carbocycles. The summed E-state index contributed by atoms with van der Waals surface area (Å²) in [5.41, 5.74) is 3.81. The van der Waals surface area contributed by atoms with E-state index in [1.165, 1.54) is 11.1 Å². The topological polar surface area (TPSA) is 69.6 Å². The molecule has 4 heteroatoms. The minimum Gasteiger partial charge on any atom is -0.392 e. The summed E-state index contributed by atoms with van der Waals surface area (Å²) in [5, 5.41) is 23.8. The van der Waals surface area contributed by atoms with Gasteiger partial charge in [-0.25, -0.2) is 0 Å². The number of carbonyl (C=O) groups is 1. The molecule has 0 unspecified atom stereocenters. The van der Waals surface area contributed by atoms with Gasteiger partial charge in [0.25, 0.3) is 0 Å². The van der Waals surface area contributed by atoms with E-state index >= 15 is 0 Å². The van der Waals surface area contributed by atoms with Gasteiger partial charge in [-0.1, -0.05) is 53.6 Å². The van der Waals surface area contributed by atoms with Gasteiger partial charge in [-0.3, -0.25) is 4.79 Å². The van der Waals surface area contributed by atoms with Gasteiger partial charge in [-0.2, -0.15) is 0 Å². The quantitative estimate of drug-likeness (QED) is 0.401. The first-order chi connectivity index (χ1) is 14.5. The maximum Gasteiger partial charge on any atom is 0.219 e. The van der Waals surface area contributed by atoms with Crippen molar-refractivity contribution in [1.82, 2.24) is 5.32 Å². The van der Waals surface area contributed by atoms with Gasteiger partial charge in [0.15, 0.2) is 0 Å². The Hall–Kier alpha value is -1.91. The van der Waals surface area contributed by atoms with Crippen molar-refractivity contribution in [2.75, 3.05) is 6.54 Å². The van der Waals surface area contributed by atoms with Crippen LogP contribution in [0, 0.1) is 24.7 Å². The summed E-state index contributed by atoms with van der Waals surface area (Å²) in [4.78, 5) is 11.6. The zero-order valence-corrected chi connectivity index (χ0v) is 18.4. The Morgan fingerprint density at radius 3 is 2.93 bits per heavy atom. The Labute approximate surface area is 181 Å². The Morgan fingerprint density at radius 2 is 2.17 bits per heavy atom. The van der Waals surface area contributed by atoms with Crippen LogP contribution >= 0.6 is 0 Å². The van der Waals surface area contributed by atoms with Crippen LogP contribution < -0.4 is 5.32 Å². The zero-order chi connectivity index (χ0) is 21.5. The smallest absolute Gasteiger partial charge is 0.219 e. The van der Waals surface area contributed by atoms with E-state index in [1.54, 1.807) is 0 Å². The molecule has 1 aromatic rings. The van der Waals surface area contributed by atoms with Gasteiger partial charge in [-0.15, -0.1) is 0 Å². The van der Waals surface area contributed by atoms with Crippen molar-refractivity contribution in [2.45, 2.75) is 71.0 Å². The van der Waals surface area contributed by atoms with Gasteiger partial charge in [0, 0.05) is 25.3 Å². The molecule has 1 aromatic carbocycles. The number of rotatable bonds is 10. The van der Waals surface area contributed by atoms with Gasteiger partial charge in [0.1, 0.15) is 0 Å². The SMILES string of the molecule is CCNC(=O)CCCCC1=C[C@H]2C[C@@H](O)[C@H](/C=C/[C@@H](O)Cc3cccc(C)c3)[C@H]2C1. The third-order valence-electron chi connectivity index (χ3n) is 6.56. The van der Waals surface area contributed by atoms with Crippen LogP contribution in [0.15, 0.2) is 48.1 Å². The van der Waals surface area contributed by atoms with Crippen LogP contribution in [0.4, 0.5) is 0 Å². The lowest BCUT2D eigenvalue weighted by molar-refractivity contribution is -0.121. The first kappa shape index (κ1) is 22.8. The number of nitrogens with one attached hydrogen (secondary N) is 1. The molecule has 2 aliphatic rings. The lowest BCUT2D eigenvalue weighted by atomic mass is 9.88. The average molecular weight is 412 g/mol. The number of aliphatic hydroxyl groups excluding tert-OH is 2. The summed E-state index contributed by atoms with van der Waals surface area (Å²) >= 11 is 0. The highest BCUT2D eigenvalue weighted by molar-refractivity contribution is 5.75. The molecule has 0 aromatic heterocycles. The predicted molar refractivity (Wildman–Crippen MR) is 121 cm³/mol. The highest BCUT2D eigenvalue weighted by atomic mass is 16.3. The van der Waals surface area contributed by atoms with Crippen LogP contribution in [0.5, 0.6) is 0 Å². The second kappa shape index (κ2) is 10.9. The molecule has 0 saturated heterocycles. The second-order valence-electron chi connectivity index (χ2n) is 9.04. The number of hydrogen-bond acceptors (Lipinski definition) is 3. The van der Waals surface area contributed by atoms with Crippen LogP contribution in [0.3, 0.4) is 0 Å². The number of unbranched alkanes of at least 4 members (excludes halogenated alkanes) is 1. The Kier molecular flexibility index (Phi) is 8.29. The summed E-state index contributed by atoms with van der Waals surface area (Å²) in [6.45, 7) is 4.70. The largest absolute Gasteiger partial charge is 0.392 e. The van der Waals surface area contributed by atoms with E-state index in [0.717, 1.165) is 37.7 Å². The van der Waals surface area contributed by atoms with Crippen LogP contribution in [-0.2, 0) is 11.2 Å². The highest BCUT2D eigenvalue weighted by Crippen LogP contribution is 2.48. The van der Waals surface area contributed by atoms with Gasteiger partial charge < -0.3 is 15.5 Å². The Morgan fingerprint density at radius 1 is 1.33 bits per heavy atom. The molecule has 5 atom stereocenters. The van der Waals surface area contributed by atoms with E-state index in [1.807, 2.05) is 25.1 Å². The second-order valence-corrected chi connectivity index (χ2v) is 9.04. The number of allylic oxidation sites excluding steroid dienone is 2. The van der Waals surface area contributed by atoms with Crippen LogP contribution in [0.1, 0.15) is 56.6 Å². The highest BCUT2D eigenvalue weighted by Gasteiger charge is 2.43. The van der Waals surface area contributed by atoms with Crippen molar-refractivity contribution in [3.05, 3.63) is 59.2 Å². The number of fused-ring (bicyclic) bond motifs is 1. The first-order valence-electron chi connectivity index (χ1n) is 11.5. The van der Waals surface area contributed by atoms with E-state index in [0.29, 0.717) is 31.2 Å². The molecule has 4 nitrogen and oxygen atoms in total. The fourth-order valence-electron chi connectivity index (χ4n) is 5.12.